The minimum atomic E-state index is -0.509. The van der Waals surface area contributed by atoms with E-state index in [1.807, 2.05) is 52.0 Å². The Hall–Kier alpha value is -1.33. The average Bonchev–Trinajstić information content (AvgIpc) is 3.05. The molecule has 1 saturated heterocycles. The van der Waals surface area contributed by atoms with E-state index in [0.717, 1.165) is 18.3 Å². The van der Waals surface area contributed by atoms with E-state index >= 15 is 0 Å². The third-order valence-electron chi connectivity index (χ3n) is 5.40. The summed E-state index contributed by atoms with van der Waals surface area (Å²) in [5.74, 6) is -0.0257. The summed E-state index contributed by atoms with van der Waals surface area (Å²) in [6.45, 7) is 8.09. The molecule has 1 amide bonds. The van der Waals surface area contributed by atoms with E-state index in [4.69, 9.17) is 9.31 Å². The Bertz CT molecular complexity index is 578. The number of hydrogen-bond acceptors (Lipinski definition) is 3. The van der Waals surface area contributed by atoms with Crippen molar-refractivity contribution in [1.82, 2.24) is 5.32 Å². The second-order valence-electron chi connectivity index (χ2n) is 7.63. The number of rotatable bonds is 3. The Morgan fingerprint density at radius 3 is 2.26 bits per heavy atom. The zero-order chi connectivity index (χ0) is 16.7. The first-order chi connectivity index (χ1) is 10.8. The molecular formula is C18H26BNO3. The molecule has 1 heterocycles. The lowest BCUT2D eigenvalue weighted by atomic mass is 9.75. The van der Waals surface area contributed by atoms with Crippen molar-refractivity contribution in [3.8, 4) is 0 Å². The highest BCUT2D eigenvalue weighted by Gasteiger charge is 2.52. The van der Waals surface area contributed by atoms with Crippen molar-refractivity contribution in [3.05, 3.63) is 29.8 Å². The fourth-order valence-electron chi connectivity index (χ4n) is 3.21. The predicted molar refractivity (Wildman–Crippen MR) is 91.9 cm³/mol. The molecule has 23 heavy (non-hydrogen) atoms. The van der Waals surface area contributed by atoms with Gasteiger partial charge in [-0.3, -0.25) is 4.79 Å². The number of amides is 1. The largest absolute Gasteiger partial charge is 0.495 e. The van der Waals surface area contributed by atoms with E-state index in [2.05, 4.69) is 5.32 Å². The normalized spacial score (nSPS) is 23.2. The molecule has 4 nitrogen and oxygen atoms in total. The maximum Gasteiger partial charge on any atom is 0.495 e. The van der Waals surface area contributed by atoms with Crippen LogP contribution in [0.25, 0.3) is 0 Å². The fraction of sp³-hybridized carbons (Fsp3) is 0.611. The summed E-state index contributed by atoms with van der Waals surface area (Å²) >= 11 is 0. The Labute approximate surface area is 139 Å². The molecule has 0 spiro atoms. The SMILES string of the molecule is CC1(C)OB(c2ccccc2C(=O)NC2CCCC2)OC1(C)C. The first kappa shape index (κ1) is 16.5. The molecule has 1 N–H and O–H groups in total. The van der Waals surface area contributed by atoms with E-state index < -0.39 is 18.3 Å². The zero-order valence-electron chi connectivity index (χ0n) is 14.5. The van der Waals surface area contributed by atoms with Crippen molar-refractivity contribution >= 4 is 18.5 Å². The van der Waals surface area contributed by atoms with Gasteiger partial charge in [0.1, 0.15) is 0 Å². The molecule has 2 aliphatic rings. The minimum Gasteiger partial charge on any atom is -0.399 e. The molecule has 2 fully saturated rings. The molecule has 124 valence electrons. The van der Waals surface area contributed by atoms with Crippen molar-refractivity contribution in [2.45, 2.75) is 70.6 Å². The molecule has 1 aromatic carbocycles. The third-order valence-corrected chi connectivity index (χ3v) is 5.40. The molecule has 5 heteroatoms. The van der Waals surface area contributed by atoms with E-state index in [1.54, 1.807) is 0 Å². The zero-order valence-corrected chi connectivity index (χ0v) is 14.5. The van der Waals surface area contributed by atoms with Crippen LogP contribution in [-0.2, 0) is 9.31 Å². The Kier molecular flexibility index (Phi) is 4.28. The molecular weight excluding hydrogens is 289 g/mol. The molecule has 1 aliphatic heterocycles. The lowest BCUT2D eigenvalue weighted by molar-refractivity contribution is 0.00578. The predicted octanol–water partition coefficient (Wildman–Crippen LogP) is 2.66. The molecule has 0 aromatic heterocycles. The van der Waals surface area contributed by atoms with Crippen molar-refractivity contribution < 1.29 is 14.1 Å². The van der Waals surface area contributed by atoms with Gasteiger partial charge in [-0.2, -0.15) is 0 Å². The quantitative estimate of drug-likeness (QED) is 0.873. The number of carbonyl (C=O) groups is 1. The molecule has 1 aliphatic carbocycles. The molecule has 3 rings (SSSR count). The van der Waals surface area contributed by atoms with Crippen LogP contribution in [0.15, 0.2) is 24.3 Å². The summed E-state index contributed by atoms with van der Waals surface area (Å²) in [5, 5.41) is 3.15. The van der Waals surface area contributed by atoms with E-state index in [1.165, 1.54) is 12.8 Å². The summed E-state index contributed by atoms with van der Waals surface area (Å²) in [7, 11) is -0.509. The molecule has 0 unspecified atom stereocenters. The van der Waals surface area contributed by atoms with Gasteiger partial charge in [0.25, 0.3) is 5.91 Å². The average molecular weight is 315 g/mol. The van der Waals surface area contributed by atoms with Crippen LogP contribution in [0.5, 0.6) is 0 Å². The topological polar surface area (TPSA) is 47.6 Å². The third kappa shape index (κ3) is 3.17. The van der Waals surface area contributed by atoms with Gasteiger partial charge in [0.15, 0.2) is 0 Å². The maximum atomic E-state index is 12.7. The van der Waals surface area contributed by atoms with Crippen LogP contribution in [0.2, 0.25) is 0 Å². The highest BCUT2D eigenvalue weighted by atomic mass is 16.7. The number of carbonyl (C=O) groups excluding carboxylic acids is 1. The van der Waals surface area contributed by atoms with Crippen LogP contribution < -0.4 is 10.8 Å². The summed E-state index contributed by atoms with van der Waals surface area (Å²) < 4.78 is 12.2. The lowest BCUT2D eigenvalue weighted by Gasteiger charge is -2.32. The van der Waals surface area contributed by atoms with Crippen LogP contribution in [0, 0.1) is 0 Å². The summed E-state index contributed by atoms with van der Waals surface area (Å²) in [6, 6.07) is 7.88. The Morgan fingerprint density at radius 2 is 1.65 bits per heavy atom. The number of benzene rings is 1. The van der Waals surface area contributed by atoms with E-state index in [9.17, 15) is 4.79 Å². The van der Waals surface area contributed by atoms with Gasteiger partial charge in [0.05, 0.1) is 11.2 Å². The molecule has 0 atom stereocenters. The second kappa shape index (κ2) is 5.95. The van der Waals surface area contributed by atoms with E-state index in [-0.39, 0.29) is 5.91 Å². The van der Waals surface area contributed by atoms with Crippen LogP contribution >= 0.6 is 0 Å². The van der Waals surface area contributed by atoms with Gasteiger partial charge >= 0.3 is 7.12 Å². The first-order valence-corrected chi connectivity index (χ1v) is 8.55. The second-order valence-corrected chi connectivity index (χ2v) is 7.63. The number of nitrogens with one attached hydrogen (secondary N) is 1. The first-order valence-electron chi connectivity index (χ1n) is 8.55. The minimum absolute atomic E-state index is 0.0257. The fourth-order valence-corrected chi connectivity index (χ4v) is 3.21. The highest BCUT2D eigenvalue weighted by Crippen LogP contribution is 2.36. The Balaban J connectivity index is 1.82. The van der Waals surface area contributed by atoms with E-state index in [0.29, 0.717) is 11.6 Å². The number of hydrogen-bond donors (Lipinski definition) is 1. The molecule has 0 radical (unpaired) electrons. The van der Waals surface area contributed by atoms with Gasteiger partial charge in [-0.15, -0.1) is 0 Å². The molecule has 1 saturated carbocycles. The van der Waals surface area contributed by atoms with Gasteiger partial charge in [-0.1, -0.05) is 31.0 Å². The standard InChI is InChI=1S/C18H26BNO3/c1-17(2)18(3,4)23-19(22-17)15-12-8-7-11-14(15)16(21)20-13-9-5-6-10-13/h7-8,11-13H,5-6,9-10H2,1-4H3,(H,20,21). The molecule has 0 bridgehead atoms. The van der Waals surface area contributed by atoms with Crippen LogP contribution in [0.4, 0.5) is 0 Å². The van der Waals surface area contributed by atoms with Crippen LogP contribution in [0.1, 0.15) is 63.7 Å². The summed E-state index contributed by atoms with van der Waals surface area (Å²) in [4.78, 5) is 12.7. The van der Waals surface area contributed by atoms with Crippen molar-refractivity contribution in [1.29, 1.82) is 0 Å². The van der Waals surface area contributed by atoms with Gasteiger partial charge < -0.3 is 14.6 Å². The lowest BCUT2D eigenvalue weighted by Crippen LogP contribution is -2.42. The maximum absolute atomic E-state index is 12.7. The van der Waals surface area contributed by atoms with Gasteiger partial charge in [0.2, 0.25) is 0 Å². The van der Waals surface area contributed by atoms with Crippen molar-refractivity contribution in [3.63, 3.8) is 0 Å². The van der Waals surface area contributed by atoms with Crippen LogP contribution in [0.3, 0.4) is 0 Å². The highest BCUT2D eigenvalue weighted by molar-refractivity contribution is 6.63. The van der Waals surface area contributed by atoms with Crippen molar-refractivity contribution in [2.24, 2.45) is 0 Å². The van der Waals surface area contributed by atoms with Crippen LogP contribution in [-0.4, -0.2) is 30.3 Å². The van der Waals surface area contributed by atoms with Gasteiger partial charge in [-0.25, -0.2) is 0 Å². The molecule has 1 aromatic rings. The van der Waals surface area contributed by atoms with Gasteiger partial charge in [-0.05, 0) is 52.1 Å². The summed E-state index contributed by atoms with van der Waals surface area (Å²) in [5.41, 5.74) is 0.638. The van der Waals surface area contributed by atoms with Gasteiger partial charge in [0, 0.05) is 11.6 Å². The Morgan fingerprint density at radius 1 is 1.09 bits per heavy atom. The summed E-state index contributed by atoms with van der Waals surface area (Å²) in [6.07, 6.45) is 4.54. The van der Waals surface area contributed by atoms with Crippen molar-refractivity contribution in [2.75, 3.05) is 0 Å². The smallest absolute Gasteiger partial charge is 0.399 e. The monoisotopic (exact) mass is 315 g/mol.